The maximum atomic E-state index is 11.6. The van der Waals surface area contributed by atoms with Gasteiger partial charge in [-0.05, 0) is 19.8 Å². The van der Waals surface area contributed by atoms with Crippen molar-refractivity contribution in [2.45, 2.75) is 37.9 Å². The van der Waals surface area contributed by atoms with Gasteiger partial charge in [0.1, 0.15) is 4.32 Å². The monoisotopic (exact) mass is 261 g/mol. The lowest BCUT2D eigenvalue weighted by atomic mass is 10.2. The molecule has 1 aliphatic heterocycles. The van der Waals surface area contributed by atoms with Crippen LogP contribution in [-0.2, 0) is 9.59 Å². The Morgan fingerprint density at radius 3 is 2.69 bits per heavy atom. The molecule has 0 saturated carbocycles. The molecular weight excluding hydrogens is 246 g/mol. The number of carboxylic acids is 1. The third-order valence-electron chi connectivity index (χ3n) is 2.38. The van der Waals surface area contributed by atoms with Crippen molar-refractivity contribution in [3.05, 3.63) is 0 Å². The van der Waals surface area contributed by atoms with Gasteiger partial charge in [-0.25, -0.2) is 0 Å². The predicted molar refractivity (Wildman–Crippen MR) is 67.5 cm³/mol. The number of carboxylic acid groups (broad SMARTS) is 1. The third kappa shape index (κ3) is 3.75. The van der Waals surface area contributed by atoms with Crippen LogP contribution < -0.4 is 0 Å². The normalized spacial score (nSPS) is 20.6. The van der Waals surface area contributed by atoms with Crippen molar-refractivity contribution in [1.29, 1.82) is 0 Å². The van der Waals surface area contributed by atoms with E-state index in [1.807, 2.05) is 6.92 Å². The second-order valence-electron chi connectivity index (χ2n) is 3.72. The van der Waals surface area contributed by atoms with E-state index in [1.165, 1.54) is 11.8 Å². The van der Waals surface area contributed by atoms with Gasteiger partial charge in [-0.1, -0.05) is 30.4 Å². The van der Waals surface area contributed by atoms with Crippen molar-refractivity contribution in [1.82, 2.24) is 4.90 Å². The fourth-order valence-corrected chi connectivity index (χ4v) is 2.95. The van der Waals surface area contributed by atoms with Crippen LogP contribution in [0.25, 0.3) is 0 Å². The molecular formula is C10H15NO3S2. The molecule has 1 rings (SSSR count). The molecule has 0 bridgehead atoms. The van der Waals surface area contributed by atoms with Crippen molar-refractivity contribution in [3.63, 3.8) is 0 Å². The molecule has 0 spiro atoms. The SMILES string of the molecule is C[C@H]1SC(=S)N(CCCCCC(=O)O)C1=O. The van der Waals surface area contributed by atoms with Crippen LogP contribution in [0.1, 0.15) is 32.6 Å². The Bertz CT molecular complexity index is 306. The zero-order valence-electron chi connectivity index (χ0n) is 9.14. The maximum absolute atomic E-state index is 11.6. The Morgan fingerprint density at radius 2 is 2.19 bits per heavy atom. The van der Waals surface area contributed by atoms with Gasteiger partial charge in [0, 0.05) is 13.0 Å². The highest BCUT2D eigenvalue weighted by Crippen LogP contribution is 2.26. The minimum Gasteiger partial charge on any atom is -0.481 e. The van der Waals surface area contributed by atoms with E-state index >= 15 is 0 Å². The van der Waals surface area contributed by atoms with Gasteiger partial charge in [0.15, 0.2) is 0 Å². The standard InChI is InChI=1S/C10H15NO3S2/c1-7-9(14)11(10(15)16-7)6-4-2-3-5-8(12)13/h7H,2-6H2,1H3,(H,12,13)/t7-/m1/s1. The molecule has 1 heterocycles. The molecule has 0 radical (unpaired) electrons. The number of carbonyl (C=O) groups is 2. The van der Waals surface area contributed by atoms with E-state index in [0.29, 0.717) is 17.3 Å². The number of unbranched alkanes of at least 4 members (excludes halogenated alkanes) is 2. The molecule has 1 N–H and O–H groups in total. The lowest BCUT2D eigenvalue weighted by Crippen LogP contribution is -2.31. The van der Waals surface area contributed by atoms with Crippen LogP contribution in [0.15, 0.2) is 0 Å². The van der Waals surface area contributed by atoms with Crippen molar-refractivity contribution in [2.75, 3.05) is 6.54 Å². The molecule has 1 fully saturated rings. The quantitative estimate of drug-likeness (QED) is 0.584. The first-order valence-electron chi connectivity index (χ1n) is 5.26. The molecule has 0 aliphatic carbocycles. The van der Waals surface area contributed by atoms with Gasteiger partial charge >= 0.3 is 5.97 Å². The lowest BCUT2D eigenvalue weighted by molar-refractivity contribution is -0.137. The Hall–Kier alpha value is -0.620. The number of hydrogen-bond donors (Lipinski definition) is 1. The Labute approximate surface area is 104 Å². The molecule has 0 aromatic heterocycles. The van der Waals surface area contributed by atoms with Crippen LogP contribution in [0.2, 0.25) is 0 Å². The lowest BCUT2D eigenvalue weighted by Gasteiger charge is -2.14. The van der Waals surface area contributed by atoms with Crippen LogP contribution in [0.4, 0.5) is 0 Å². The zero-order chi connectivity index (χ0) is 12.1. The number of nitrogens with zero attached hydrogens (tertiary/aromatic N) is 1. The number of rotatable bonds is 6. The molecule has 16 heavy (non-hydrogen) atoms. The van der Waals surface area contributed by atoms with Crippen LogP contribution in [-0.4, -0.2) is 38.0 Å². The summed E-state index contributed by atoms with van der Waals surface area (Å²) in [6.07, 6.45) is 2.49. The molecule has 1 amide bonds. The molecule has 90 valence electrons. The predicted octanol–water partition coefficient (Wildman–Crippen LogP) is 1.88. The summed E-state index contributed by atoms with van der Waals surface area (Å²) < 4.78 is 0.649. The number of thioether (sulfide) groups is 1. The molecule has 1 aliphatic rings. The van der Waals surface area contributed by atoms with Crippen LogP contribution >= 0.6 is 24.0 Å². The van der Waals surface area contributed by atoms with E-state index in [4.69, 9.17) is 17.3 Å². The molecule has 0 aromatic rings. The highest BCUT2D eigenvalue weighted by atomic mass is 32.2. The van der Waals surface area contributed by atoms with E-state index < -0.39 is 5.97 Å². The first-order chi connectivity index (χ1) is 7.52. The van der Waals surface area contributed by atoms with Crippen LogP contribution in [0, 0.1) is 0 Å². The highest BCUT2D eigenvalue weighted by Gasteiger charge is 2.32. The maximum Gasteiger partial charge on any atom is 0.303 e. The summed E-state index contributed by atoms with van der Waals surface area (Å²) in [5.41, 5.74) is 0. The van der Waals surface area contributed by atoms with E-state index in [9.17, 15) is 9.59 Å². The molecule has 4 nitrogen and oxygen atoms in total. The summed E-state index contributed by atoms with van der Waals surface area (Å²) in [6, 6.07) is 0. The summed E-state index contributed by atoms with van der Waals surface area (Å²) in [6.45, 7) is 2.47. The summed E-state index contributed by atoms with van der Waals surface area (Å²) >= 11 is 6.51. The molecule has 1 atom stereocenters. The largest absolute Gasteiger partial charge is 0.481 e. The van der Waals surface area contributed by atoms with Gasteiger partial charge in [-0.3, -0.25) is 14.5 Å². The number of thiocarbonyl (C=S) groups is 1. The zero-order valence-corrected chi connectivity index (χ0v) is 10.8. The van der Waals surface area contributed by atoms with Gasteiger partial charge < -0.3 is 5.11 Å². The molecule has 0 aromatic carbocycles. The van der Waals surface area contributed by atoms with Gasteiger partial charge in [-0.2, -0.15) is 0 Å². The van der Waals surface area contributed by atoms with Crippen molar-refractivity contribution in [3.8, 4) is 0 Å². The first kappa shape index (κ1) is 13.4. The fraction of sp³-hybridized carbons (Fsp3) is 0.700. The molecule has 1 saturated heterocycles. The second kappa shape index (κ2) is 6.20. The van der Waals surface area contributed by atoms with Gasteiger partial charge in [0.25, 0.3) is 0 Å². The minimum atomic E-state index is -0.767. The summed E-state index contributed by atoms with van der Waals surface area (Å²) in [7, 11) is 0. The number of hydrogen-bond acceptors (Lipinski definition) is 4. The highest BCUT2D eigenvalue weighted by molar-refractivity contribution is 8.24. The fourth-order valence-electron chi connectivity index (χ4n) is 1.50. The Balaban J connectivity index is 2.20. The van der Waals surface area contributed by atoms with Crippen molar-refractivity contribution < 1.29 is 14.7 Å². The van der Waals surface area contributed by atoms with E-state index in [-0.39, 0.29) is 17.6 Å². The number of amides is 1. The van der Waals surface area contributed by atoms with E-state index in [1.54, 1.807) is 4.90 Å². The van der Waals surface area contributed by atoms with Crippen molar-refractivity contribution >= 4 is 40.2 Å². The Kier molecular flexibility index (Phi) is 5.21. The average molecular weight is 261 g/mol. The average Bonchev–Trinajstić information content (AvgIpc) is 2.43. The summed E-state index contributed by atoms with van der Waals surface area (Å²) in [5, 5.41) is 8.39. The number of aliphatic carboxylic acids is 1. The first-order valence-corrected chi connectivity index (χ1v) is 6.55. The smallest absolute Gasteiger partial charge is 0.303 e. The van der Waals surface area contributed by atoms with Gasteiger partial charge in [0.2, 0.25) is 5.91 Å². The minimum absolute atomic E-state index is 0.0634. The molecule has 6 heteroatoms. The summed E-state index contributed by atoms with van der Waals surface area (Å²) in [5.74, 6) is -0.690. The Morgan fingerprint density at radius 1 is 1.50 bits per heavy atom. The summed E-state index contributed by atoms with van der Waals surface area (Å²) in [4.78, 5) is 23.5. The topological polar surface area (TPSA) is 57.6 Å². The van der Waals surface area contributed by atoms with E-state index in [2.05, 4.69) is 0 Å². The molecule has 0 unspecified atom stereocenters. The number of carbonyl (C=O) groups excluding carboxylic acids is 1. The van der Waals surface area contributed by atoms with Crippen molar-refractivity contribution in [2.24, 2.45) is 0 Å². The van der Waals surface area contributed by atoms with Crippen LogP contribution in [0.5, 0.6) is 0 Å². The second-order valence-corrected chi connectivity index (χ2v) is 5.69. The van der Waals surface area contributed by atoms with Crippen LogP contribution in [0.3, 0.4) is 0 Å². The van der Waals surface area contributed by atoms with Gasteiger partial charge in [-0.15, -0.1) is 0 Å². The van der Waals surface area contributed by atoms with E-state index in [0.717, 1.165) is 12.8 Å². The van der Waals surface area contributed by atoms with Gasteiger partial charge in [0.05, 0.1) is 5.25 Å². The third-order valence-corrected chi connectivity index (χ3v) is 3.87.